The van der Waals surface area contributed by atoms with Gasteiger partial charge in [0.15, 0.2) is 0 Å². The number of aliphatic imine (C=N–C) groups is 1. The van der Waals surface area contributed by atoms with Gasteiger partial charge in [-0.15, -0.1) is 11.3 Å². The summed E-state index contributed by atoms with van der Waals surface area (Å²) < 4.78 is 6.76. The van der Waals surface area contributed by atoms with Crippen LogP contribution in [0.2, 0.25) is 0 Å². The SMILES string of the molecule is CN=C/C(=C\N)c1ccc2cnc3cc(C4CCOCC4)sc3c2c1. The molecule has 0 atom stereocenters. The molecule has 2 aromatic heterocycles. The van der Waals surface area contributed by atoms with E-state index in [1.54, 1.807) is 19.5 Å². The van der Waals surface area contributed by atoms with Crippen LogP contribution >= 0.6 is 11.3 Å². The fraction of sp³-hybridized carbons (Fsp3) is 0.300. The summed E-state index contributed by atoms with van der Waals surface area (Å²) in [6.07, 6.45) is 7.56. The summed E-state index contributed by atoms with van der Waals surface area (Å²) in [5.41, 5.74) is 8.86. The molecule has 0 saturated carbocycles. The van der Waals surface area contributed by atoms with Gasteiger partial charge in [-0.3, -0.25) is 9.98 Å². The minimum Gasteiger partial charge on any atom is -0.404 e. The Bertz CT molecular complexity index is 968. The number of hydrogen-bond acceptors (Lipinski definition) is 5. The zero-order chi connectivity index (χ0) is 17.2. The predicted octanol–water partition coefficient (Wildman–Crippen LogP) is 4.34. The van der Waals surface area contributed by atoms with E-state index in [4.69, 9.17) is 10.5 Å². The van der Waals surface area contributed by atoms with Crippen LogP contribution in [0.3, 0.4) is 0 Å². The van der Waals surface area contributed by atoms with E-state index in [0.717, 1.165) is 48.1 Å². The van der Waals surface area contributed by atoms with Gasteiger partial charge in [0.1, 0.15) is 0 Å². The number of thiophene rings is 1. The van der Waals surface area contributed by atoms with E-state index >= 15 is 0 Å². The first-order chi connectivity index (χ1) is 12.3. The third-order valence-corrected chi connectivity index (χ3v) is 6.10. The molecule has 3 heterocycles. The first-order valence-corrected chi connectivity index (χ1v) is 9.36. The zero-order valence-electron chi connectivity index (χ0n) is 14.2. The zero-order valence-corrected chi connectivity index (χ0v) is 15.1. The smallest absolute Gasteiger partial charge is 0.0819 e. The van der Waals surface area contributed by atoms with Crippen molar-refractivity contribution in [3.8, 4) is 0 Å². The van der Waals surface area contributed by atoms with Crippen molar-refractivity contribution < 1.29 is 4.74 Å². The van der Waals surface area contributed by atoms with Crippen molar-refractivity contribution in [3.63, 3.8) is 0 Å². The molecule has 0 radical (unpaired) electrons. The Morgan fingerprint density at radius 1 is 1.32 bits per heavy atom. The Morgan fingerprint density at radius 3 is 2.92 bits per heavy atom. The highest BCUT2D eigenvalue weighted by Crippen LogP contribution is 2.38. The number of pyridine rings is 1. The molecule has 4 nitrogen and oxygen atoms in total. The third-order valence-electron chi connectivity index (χ3n) is 4.78. The highest BCUT2D eigenvalue weighted by molar-refractivity contribution is 7.20. The van der Waals surface area contributed by atoms with Gasteiger partial charge < -0.3 is 10.5 Å². The van der Waals surface area contributed by atoms with Crippen molar-refractivity contribution in [2.45, 2.75) is 18.8 Å². The van der Waals surface area contributed by atoms with Crippen LogP contribution in [0.4, 0.5) is 0 Å². The average Bonchev–Trinajstić information content (AvgIpc) is 3.11. The lowest BCUT2D eigenvalue weighted by molar-refractivity contribution is 0.0860. The summed E-state index contributed by atoms with van der Waals surface area (Å²) in [5.74, 6) is 0.595. The molecule has 0 bridgehead atoms. The van der Waals surface area contributed by atoms with E-state index in [-0.39, 0.29) is 0 Å². The highest BCUT2D eigenvalue weighted by atomic mass is 32.1. The molecule has 5 heteroatoms. The maximum atomic E-state index is 5.77. The number of aromatic nitrogens is 1. The van der Waals surface area contributed by atoms with Gasteiger partial charge in [0.2, 0.25) is 0 Å². The molecule has 1 saturated heterocycles. The van der Waals surface area contributed by atoms with Gasteiger partial charge in [-0.25, -0.2) is 0 Å². The normalized spacial score (nSPS) is 17.1. The molecule has 1 fully saturated rings. The van der Waals surface area contributed by atoms with E-state index < -0.39 is 0 Å². The van der Waals surface area contributed by atoms with Crippen molar-refractivity contribution in [3.05, 3.63) is 47.1 Å². The van der Waals surface area contributed by atoms with Crippen LogP contribution in [0.25, 0.3) is 26.6 Å². The van der Waals surface area contributed by atoms with Crippen LogP contribution in [0.15, 0.2) is 41.7 Å². The summed E-state index contributed by atoms with van der Waals surface area (Å²) in [7, 11) is 1.76. The van der Waals surface area contributed by atoms with E-state index in [9.17, 15) is 0 Å². The molecule has 128 valence electrons. The largest absolute Gasteiger partial charge is 0.404 e. The maximum Gasteiger partial charge on any atom is 0.0819 e. The fourth-order valence-electron chi connectivity index (χ4n) is 3.41. The van der Waals surface area contributed by atoms with Gasteiger partial charge in [-0.05, 0) is 36.5 Å². The van der Waals surface area contributed by atoms with Gasteiger partial charge >= 0.3 is 0 Å². The molecular formula is C20H21N3OS. The van der Waals surface area contributed by atoms with Crippen molar-refractivity contribution >= 4 is 44.1 Å². The summed E-state index contributed by atoms with van der Waals surface area (Å²) in [5, 5.41) is 2.39. The fourth-order valence-corrected chi connectivity index (χ4v) is 4.72. The van der Waals surface area contributed by atoms with Crippen LogP contribution in [0, 0.1) is 0 Å². The predicted molar refractivity (Wildman–Crippen MR) is 107 cm³/mol. The van der Waals surface area contributed by atoms with Gasteiger partial charge in [0, 0.05) is 60.1 Å². The Balaban J connectivity index is 1.84. The third kappa shape index (κ3) is 3.05. The number of allylic oxidation sites excluding steroid dienone is 1. The second kappa shape index (κ2) is 6.94. The monoisotopic (exact) mass is 351 g/mol. The molecule has 2 N–H and O–H groups in total. The number of hydrogen-bond donors (Lipinski definition) is 1. The van der Waals surface area contributed by atoms with E-state index in [2.05, 4.69) is 34.2 Å². The van der Waals surface area contributed by atoms with Gasteiger partial charge in [-0.2, -0.15) is 0 Å². The summed E-state index contributed by atoms with van der Waals surface area (Å²) in [6.45, 7) is 1.72. The van der Waals surface area contributed by atoms with E-state index in [1.807, 2.05) is 17.5 Å². The van der Waals surface area contributed by atoms with Crippen molar-refractivity contribution in [1.82, 2.24) is 4.98 Å². The molecule has 0 aliphatic carbocycles. The molecule has 25 heavy (non-hydrogen) atoms. The second-order valence-electron chi connectivity index (χ2n) is 6.32. The van der Waals surface area contributed by atoms with Crippen LogP contribution in [-0.4, -0.2) is 31.5 Å². The number of fused-ring (bicyclic) bond motifs is 3. The van der Waals surface area contributed by atoms with Crippen LogP contribution in [-0.2, 0) is 4.74 Å². The Labute approximate surface area is 151 Å². The van der Waals surface area contributed by atoms with Gasteiger partial charge in [0.05, 0.1) is 10.2 Å². The number of benzene rings is 1. The van der Waals surface area contributed by atoms with Crippen LogP contribution < -0.4 is 5.73 Å². The summed E-state index contributed by atoms with van der Waals surface area (Å²) in [4.78, 5) is 10.2. The molecule has 0 unspecified atom stereocenters. The minimum atomic E-state index is 0.595. The lowest BCUT2D eigenvalue weighted by atomic mass is 9.98. The average molecular weight is 351 g/mol. The van der Waals surface area contributed by atoms with E-state index in [0.29, 0.717) is 5.92 Å². The highest BCUT2D eigenvalue weighted by Gasteiger charge is 2.19. The Hall–Kier alpha value is -2.24. The van der Waals surface area contributed by atoms with Crippen LogP contribution in [0.1, 0.15) is 29.2 Å². The van der Waals surface area contributed by atoms with Crippen molar-refractivity contribution in [1.29, 1.82) is 0 Å². The number of nitrogens with zero attached hydrogens (tertiary/aromatic N) is 2. The molecule has 4 rings (SSSR count). The molecule has 3 aromatic rings. The number of ether oxygens (including phenoxy) is 1. The van der Waals surface area contributed by atoms with Crippen molar-refractivity contribution in [2.75, 3.05) is 20.3 Å². The summed E-state index contributed by atoms with van der Waals surface area (Å²) >= 11 is 1.87. The standard InChI is InChI=1S/C20H21N3OS/c1-22-11-16(10-21)14-2-3-15-12-23-18-9-19(13-4-6-24-7-5-13)25-20(18)17(15)8-14/h2-3,8-13H,4-7,21H2,1H3/b16-10+,22-11?. The minimum absolute atomic E-state index is 0.595. The topological polar surface area (TPSA) is 60.5 Å². The van der Waals surface area contributed by atoms with Crippen LogP contribution in [0.5, 0.6) is 0 Å². The molecule has 1 aromatic carbocycles. The Kier molecular flexibility index (Phi) is 4.51. The molecule has 0 amide bonds. The molecular weight excluding hydrogens is 330 g/mol. The Morgan fingerprint density at radius 2 is 2.16 bits per heavy atom. The summed E-state index contributed by atoms with van der Waals surface area (Å²) in [6, 6.07) is 8.64. The van der Waals surface area contributed by atoms with Gasteiger partial charge in [-0.1, -0.05) is 12.1 Å². The molecule has 0 spiro atoms. The first kappa shape index (κ1) is 16.2. The lowest BCUT2D eigenvalue weighted by Crippen LogP contribution is -2.12. The molecule has 1 aliphatic heterocycles. The molecule has 1 aliphatic rings. The quantitative estimate of drug-likeness (QED) is 0.714. The van der Waals surface area contributed by atoms with Crippen molar-refractivity contribution in [2.24, 2.45) is 10.7 Å². The number of nitrogens with two attached hydrogens (primary N) is 1. The second-order valence-corrected chi connectivity index (χ2v) is 7.40. The number of rotatable bonds is 3. The first-order valence-electron chi connectivity index (χ1n) is 8.54. The van der Waals surface area contributed by atoms with Gasteiger partial charge in [0.25, 0.3) is 0 Å². The maximum absolute atomic E-state index is 5.77. The van der Waals surface area contributed by atoms with E-state index in [1.165, 1.54) is 15.0 Å². The lowest BCUT2D eigenvalue weighted by Gasteiger charge is -2.20.